The van der Waals surface area contributed by atoms with Gasteiger partial charge >= 0.3 is 0 Å². The van der Waals surface area contributed by atoms with E-state index in [1.807, 2.05) is 42.1 Å². The Morgan fingerprint density at radius 3 is 2.65 bits per heavy atom. The van der Waals surface area contributed by atoms with Crippen LogP contribution in [0.3, 0.4) is 0 Å². The van der Waals surface area contributed by atoms with Crippen LogP contribution in [-0.2, 0) is 7.05 Å². The molecule has 3 heterocycles. The maximum atomic E-state index is 12.0. The minimum absolute atomic E-state index is 0.194. The smallest absolute Gasteiger partial charge is 0.271 e. The number of carbonyl (C=O) groups is 1. The molecule has 9 nitrogen and oxygen atoms in total. The molecule has 3 aromatic heterocycles. The van der Waals surface area contributed by atoms with Gasteiger partial charge in [0.1, 0.15) is 23.2 Å². The molecule has 9 heteroatoms. The summed E-state index contributed by atoms with van der Waals surface area (Å²) in [5.74, 6) is 1.76. The summed E-state index contributed by atoms with van der Waals surface area (Å²) in [5.41, 5.74) is -0.0688. The Bertz CT molecular complexity index is 963. The highest BCUT2D eigenvalue weighted by Gasteiger charge is 2.08. The topological polar surface area (TPSA) is 107 Å². The summed E-state index contributed by atoms with van der Waals surface area (Å²) in [4.78, 5) is 32.1. The summed E-state index contributed by atoms with van der Waals surface area (Å²) < 4.78 is 3.02. The molecule has 0 unspecified atom stereocenters. The van der Waals surface area contributed by atoms with Gasteiger partial charge in [-0.1, -0.05) is 0 Å². The van der Waals surface area contributed by atoms with E-state index in [0.29, 0.717) is 24.7 Å². The molecule has 2 N–H and O–H groups in total. The van der Waals surface area contributed by atoms with E-state index >= 15 is 0 Å². The van der Waals surface area contributed by atoms with Crippen LogP contribution in [0.2, 0.25) is 0 Å². The number of aryl methyl sites for hydroxylation is 2. The molecule has 0 bridgehead atoms. The van der Waals surface area contributed by atoms with Crippen LogP contribution >= 0.6 is 0 Å². The Morgan fingerprint density at radius 1 is 1.15 bits per heavy atom. The van der Waals surface area contributed by atoms with Gasteiger partial charge < -0.3 is 15.2 Å². The minimum Gasteiger partial charge on any atom is -0.368 e. The maximum Gasteiger partial charge on any atom is 0.271 e. The molecule has 3 rings (SSSR count). The Balaban J connectivity index is 1.56. The van der Waals surface area contributed by atoms with Gasteiger partial charge in [0.05, 0.1) is 0 Å². The second-order valence-electron chi connectivity index (χ2n) is 5.61. The molecule has 0 aliphatic heterocycles. The number of rotatable bonds is 6. The highest BCUT2D eigenvalue weighted by molar-refractivity contribution is 5.91. The lowest BCUT2D eigenvalue weighted by Crippen LogP contribution is -2.31. The third-order valence-corrected chi connectivity index (χ3v) is 3.60. The third-order valence-electron chi connectivity index (χ3n) is 3.60. The predicted molar refractivity (Wildman–Crippen MR) is 96.4 cm³/mol. The van der Waals surface area contributed by atoms with Crippen LogP contribution in [0.15, 0.2) is 47.5 Å². The Kier molecular flexibility index (Phi) is 5.07. The van der Waals surface area contributed by atoms with Crippen molar-refractivity contribution in [1.82, 2.24) is 29.6 Å². The maximum absolute atomic E-state index is 12.0. The fourth-order valence-corrected chi connectivity index (χ4v) is 2.34. The van der Waals surface area contributed by atoms with Crippen LogP contribution in [0.5, 0.6) is 0 Å². The molecule has 0 atom stereocenters. The SMILES string of the molecule is Cc1nc(NCCNC(=O)c2ccc(=O)n(C)n2)cc(-n2cccc2)n1. The monoisotopic (exact) mass is 353 g/mol. The number of anilines is 1. The van der Waals surface area contributed by atoms with Crippen molar-refractivity contribution >= 4 is 11.7 Å². The normalized spacial score (nSPS) is 10.5. The number of hydrogen-bond acceptors (Lipinski definition) is 6. The number of hydrogen-bond donors (Lipinski definition) is 2. The lowest BCUT2D eigenvalue weighted by atomic mass is 10.3. The summed E-state index contributed by atoms with van der Waals surface area (Å²) in [6.07, 6.45) is 3.82. The van der Waals surface area contributed by atoms with Gasteiger partial charge in [-0.05, 0) is 25.1 Å². The first-order valence-corrected chi connectivity index (χ1v) is 8.08. The largest absolute Gasteiger partial charge is 0.368 e. The zero-order valence-corrected chi connectivity index (χ0v) is 14.5. The molecule has 134 valence electrons. The summed E-state index contributed by atoms with van der Waals surface area (Å²) in [7, 11) is 1.50. The van der Waals surface area contributed by atoms with Crippen molar-refractivity contribution in [3.63, 3.8) is 0 Å². The van der Waals surface area contributed by atoms with Gasteiger partial charge in [-0.25, -0.2) is 14.6 Å². The number of nitrogens with zero attached hydrogens (tertiary/aromatic N) is 5. The molecule has 0 aliphatic rings. The molecular formula is C17H19N7O2. The van der Waals surface area contributed by atoms with Crippen molar-refractivity contribution in [3.8, 4) is 5.82 Å². The van der Waals surface area contributed by atoms with Crippen LogP contribution in [0.4, 0.5) is 5.82 Å². The van der Waals surface area contributed by atoms with E-state index in [0.717, 1.165) is 10.5 Å². The number of amides is 1. The molecule has 0 fully saturated rings. The van der Waals surface area contributed by atoms with Crippen LogP contribution in [0, 0.1) is 6.92 Å². The molecule has 0 spiro atoms. The van der Waals surface area contributed by atoms with Crippen molar-refractivity contribution < 1.29 is 4.79 Å². The fourth-order valence-electron chi connectivity index (χ4n) is 2.34. The van der Waals surface area contributed by atoms with Gasteiger partial charge in [0.25, 0.3) is 11.5 Å². The molecule has 26 heavy (non-hydrogen) atoms. The van der Waals surface area contributed by atoms with Crippen molar-refractivity contribution in [2.24, 2.45) is 7.05 Å². The Labute approximate surface area is 149 Å². The highest BCUT2D eigenvalue weighted by Crippen LogP contribution is 2.10. The van der Waals surface area contributed by atoms with Crippen molar-refractivity contribution in [1.29, 1.82) is 0 Å². The predicted octanol–water partition coefficient (Wildman–Crippen LogP) is 0.511. The number of aromatic nitrogens is 5. The van der Waals surface area contributed by atoms with E-state index in [9.17, 15) is 9.59 Å². The number of nitrogens with one attached hydrogen (secondary N) is 2. The average Bonchev–Trinajstić information content (AvgIpc) is 3.15. The molecule has 1 amide bonds. The summed E-state index contributed by atoms with van der Waals surface area (Å²) in [6.45, 7) is 2.69. The summed E-state index contributed by atoms with van der Waals surface area (Å²) >= 11 is 0. The van der Waals surface area contributed by atoms with Gasteiger partial charge in [-0.3, -0.25) is 9.59 Å². The van der Waals surface area contributed by atoms with Crippen molar-refractivity contribution in [2.75, 3.05) is 18.4 Å². The van der Waals surface area contributed by atoms with E-state index in [2.05, 4.69) is 25.7 Å². The first-order chi connectivity index (χ1) is 12.5. The first-order valence-electron chi connectivity index (χ1n) is 8.08. The highest BCUT2D eigenvalue weighted by atomic mass is 16.2. The first kappa shape index (κ1) is 17.3. The van der Waals surface area contributed by atoms with E-state index < -0.39 is 0 Å². The quantitative estimate of drug-likeness (QED) is 0.626. The van der Waals surface area contributed by atoms with Gasteiger partial charge in [0, 0.05) is 44.7 Å². The van der Waals surface area contributed by atoms with E-state index in [-0.39, 0.29) is 17.2 Å². The van der Waals surface area contributed by atoms with E-state index in [4.69, 9.17) is 0 Å². The lowest BCUT2D eigenvalue weighted by Gasteiger charge is -2.10. The van der Waals surface area contributed by atoms with Crippen molar-refractivity contribution in [2.45, 2.75) is 6.92 Å². The molecular weight excluding hydrogens is 334 g/mol. The minimum atomic E-state index is -0.339. The van der Waals surface area contributed by atoms with Gasteiger partial charge in [-0.2, -0.15) is 5.10 Å². The van der Waals surface area contributed by atoms with Gasteiger partial charge in [-0.15, -0.1) is 0 Å². The molecule has 0 saturated carbocycles. The molecule has 0 saturated heterocycles. The molecule has 3 aromatic rings. The third kappa shape index (κ3) is 4.12. The van der Waals surface area contributed by atoms with Crippen LogP contribution in [-0.4, -0.2) is 43.3 Å². The van der Waals surface area contributed by atoms with Gasteiger partial charge in [0.15, 0.2) is 0 Å². The van der Waals surface area contributed by atoms with E-state index in [1.54, 1.807) is 0 Å². The second-order valence-corrected chi connectivity index (χ2v) is 5.61. The molecule has 0 aliphatic carbocycles. The zero-order chi connectivity index (χ0) is 18.5. The summed E-state index contributed by atoms with van der Waals surface area (Å²) in [6, 6.07) is 8.40. The van der Waals surface area contributed by atoms with Crippen molar-refractivity contribution in [3.05, 3.63) is 64.6 Å². The van der Waals surface area contributed by atoms with Crippen LogP contribution < -0.4 is 16.2 Å². The Hall–Kier alpha value is -3.49. The lowest BCUT2D eigenvalue weighted by molar-refractivity contribution is 0.0948. The fraction of sp³-hybridized carbons (Fsp3) is 0.235. The van der Waals surface area contributed by atoms with Crippen LogP contribution in [0.25, 0.3) is 5.82 Å². The molecule has 0 radical (unpaired) electrons. The summed E-state index contributed by atoms with van der Waals surface area (Å²) in [5, 5.41) is 9.81. The van der Waals surface area contributed by atoms with Gasteiger partial charge in [0.2, 0.25) is 0 Å². The average molecular weight is 353 g/mol. The van der Waals surface area contributed by atoms with E-state index in [1.165, 1.54) is 19.2 Å². The molecule has 0 aromatic carbocycles. The standard InChI is InChI=1S/C17H19N7O2/c1-12-20-14(11-15(21-12)24-9-3-4-10-24)18-7-8-19-17(26)13-5-6-16(25)23(2)22-13/h3-6,9-11H,7-8H2,1-2H3,(H,19,26)(H,18,20,21). The second kappa shape index (κ2) is 7.60. The zero-order valence-electron chi connectivity index (χ0n) is 14.5. The van der Waals surface area contributed by atoms with Crippen LogP contribution in [0.1, 0.15) is 16.3 Å². The number of carbonyl (C=O) groups excluding carboxylic acids is 1. The Morgan fingerprint density at radius 2 is 1.92 bits per heavy atom.